The fraction of sp³-hybridized carbons (Fsp3) is 0.400. The summed E-state index contributed by atoms with van der Waals surface area (Å²) < 4.78 is 3.02. The maximum atomic E-state index is 13.0. The van der Waals surface area contributed by atoms with Gasteiger partial charge < -0.3 is 14.8 Å². The summed E-state index contributed by atoms with van der Waals surface area (Å²) in [5.41, 5.74) is -0.452. The van der Waals surface area contributed by atoms with Crippen molar-refractivity contribution in [3.63, 3.8) is 0 Å². The van der Waals surface area contributed by atoms with Crippen LogP contribution in [-0.2, 0) is 13.1 Å². The molecule has 0 unspecified atom stereocenters. The van der Waals surface area contributed by atoms with Crippen LogP contribution in [0.2, 0.25) is 0 Å². The van der Waals surface area contributed by atoms with Gasteiger partial charge in [-0.25, -0.2) is 0 Å². The first-order valence-electron chi connectivity index (χ1n) is 11.1. The smallest absolute Gasteiger partial charge is 0.258 e. The number of nitrogens with zero attached hydrogens (tertiary/aromatic N) is 2. The zero-order valence-electron chi connectivity index (χ0n) is 18.6. The Morgan fingerprint density at radius 1 is 1.09 bits per heavy atom. The number of rotatable bonds is 6. The number of carbonyl (C=O) groups excluding carboxylic acids is 2. The van der Waals surface area contributed by atoms with Crippen LogP contribution in [0.1, 0.15) is 57.7 Å². The minimum atomic E-state index is -0.516. The van der Waals surface area contributed by atoms with Crippen molar-refractivity contribution in [1.82, 2.24) is 14.8 Å². The first-order valence-corrected chi connectivity index (χ1v) is 12.0. The molecule has 6 nitrogen and oxygen atoms in total. The fourth-order valence-electron chi connectivity index (χ4n) is 4.35. The Kier molecular flexibility index (Phi) is 6.74. The number of nitrogens with one attached hydrogen (secondary N) is 1. The molecule has 2 amide bonds. The predicted molar refractivity (Wildman–Crippen MR) is 128 cm³/mol. The summed E-state index contributed by atoms with van der Waals surface area (Å²) in [6, 6.07) is 10.1. The Morgan fingerprint density at radius 3 is 2.53 bits per heavy atom. The third-order valence-corrected chi connectivity index (χ3v) is 7.17. The molecule has 4 rings (SSSR count). The Bertz CT molecular complexity index is 1160. The first-order chi connectivity index (χ1) is 15.4. The lowest BCUT2D eigenvalue weighted by atomic mass is 9.89. The molecule has 0 radical (unpaired) electrons. The van der Waals surface area contributed by atoms with Crippen molar-refractivity contribution in [1.29, 1.82) is 0 Å². The van der Waals surface area contributed by atoms with Crippen LogP contribution in [0.4, 0.5) is 0 Å². The summed E-state index contributed by atoms with van der Waals surface area (Å²) >= 11 is 1.62. The molecular weight excluding hydrogens is 422 g/mol. The molecular formula is C25H29N3O3S. The van der Waals surface area contributed by atoms with Gasteiger partial charge in [-0.05, 0) is 36.3 Å². The van der Waals surface area contributed by atoms with Crippen LogP contribution in [0.5, 0.6) is 0 Å². The van der Waals surface area contributed by atoms with E-state index in [0.717, 1.165) is 27.8 Å². The third kappa shape index (κ3) is 4.93. The highest BCUT2D eigenvalue weighted by Crippen LogP contribution is 2.26. The van der Waals surface area contributed by atoms with Crippen molar-refractivity contribution < 1.29 is 9.59 Å². The summed E-state index contributed by atoms with van der Waals surface area (Å²) in [6.45, 7) is 1.05. The van der Waals surface area contributed by atoms with Crippen molar-refractivity contribution in [2.45, 2.75) is 45.2 Å². The predicted octanol–water partition coefficient (Wildman–Crippen LogP) is 4.28. The van der Waals surface area contributed by atoms with E-state index in [4.69, 9.17) is 0 Å². The summed E-state index contributed by atoms with van der Waals surface area (Å²) in [5, 5.41) is 4.01. The highest BCUT2D eigenvalue weighted by atomic mass is 32.1. The monoisotopic (exact) mass is 451 g/mol. The van der Waals surface area contributed by atoms with Crippen LogP contribution < -0.4 is 10.7 Å². The number of thiophene rings is 1. The molecule has 2 aromatic heterocycles. The standard InChI is InChI=1S/C25H29N3O3S/c1-27(2)25(31)21-16-28(14-17-8-4-3-5-9-17)15-20(23(21)29)24(30)26-13-19-12-18-10-6-7-11-22(18)32-19/h6-7,10-12,15-17H,3-5,8-9,13-14H2,1-2H3,(H,26,30). The van der Waals surface area contributed by atoms with E-state index in [1.54, 1.807) is 37.8 Å². The summed E-state index contributed by atoms with van der Waals surface area (Å²) in [7, 11) is 3.23. The number of hydrogen-bond donors (Lipinski definition) is 1. The average molecular weight is 452 g/mol. The maximum Gasteiger partial charge on any atom is 0.258 e. The molecule has 1 fully saturated rings. The van der Waals surface area contributed by atoms with E-state index in [1.165, 1.54) is 24.2 Å². The van der Waals surface area contributed by atoms with Crippen LogP contribution >= 0.6 is 11.3 Å². The molecule has 0 aliphatic heterocycles. The van der Waals surface area contributed by atoms with Crippen LogP contribution in [0.25, 0.3) is 10.1 Å². The SMILES string of the molecule is CN(C)C(=O)c1cn(CC2CCCCC2)cc(C(=O)NCc2cc3ccccc3s2)c1=O. The molecule has 32 heavy (non-hydrogen) atoms. The van der Waals surface area contributed by atoms with E-state index in [0.29, 0.717) is 19.0 Å². The van der Waals surface area contributed by atoms with E-state index >= 15 is 0 Å². The van der Waals surface area contributed by atoms with E-state index in [1.807, 2.05) is 34.9 Å². The number of hydrogen-bond acceptors (Lipinski definition) is 4. The second-order valence-corrected chi connectivity index (χ2v) is 9.92. The molecule has 1 aliphatic rings. The normalized spacial score (nSPS) is 14.4. The van der Waals surface area contributed by atoms with Crippen molar-refractivity contribution in [2.24, 2.45) is 5.92 Å². The molecule has 1 saturated carbocycles. The van der Waals surface area contributed by atoms with Crippen molar-refractivity contribution in [3.05, 3.63) is 69.0 Å². The zero-order chi connectivity index (χ0) is 22.7. The van der Waals surface area contributed by atoms with Gasteiger partial charge in [0, 0.05) is 42.6 Å². The lowest BCUT2D eigenvalue weighted by molar-refractivity contribution is 0.0825. The lowest BCUT2D eigenvalue weighted by Gasteiger charge is -2.23. The second kappa shape index (κ2) is 9.69. The largest absolute Gasteiger partial charge is 0.352 e. The number of aromatic nitrogens is 1. The molecule has 3 aromatic rings. The lowest BCUT2D eigenvalue weighted by Crippen LogP contribution is -2.35. The zero-order valence-corrected chi connectivity index (χ0v) is 19.4. The topological polar surface area (TPSA) is 71.4 Å². The Labute approximate surface area is 191 Å². The van der Waals surface area contributed by atoms with Gasteiger partial charge in [0.1, 0.15) is 11.1 Å². The minimum Gasteiger partial charge on any atom is -0.352 e. The maximum absolute atomic E-state index is 13.0. The summed E-state index contributed by atoms with van der Waals surface area (Å²) in [5.74, 6) is -0.326. The second-order valence-electron chi connectivity index (χ2n) is 8.75. The van der Waals surface area contributed by atoms with Gasteiger partial charge in [0.15, 0.2) is 0 Å². The quantitative estimate of drug-likeness (QED) is 0.608. The number of fused-ring (bicyclic) bond motifs is 1. The average Bonchev–Trinajstić information content (AvgIpc) is 3.21. The van der Waals surface area contributed by atoms with E-state index in [2.05, 4.69) is 5.32 Å². The van der Waals surface area contributed by atoms with Crippen LogP contribution in [0.3, 0.4) is 0 Å². The Balaban J connectivity index is 1.58. The van der Waals surface area contributed by atoms with Gasteiger partial charge in [0.2, 0.25) is 5.43 Å². The summed E-state index contributed by atoms with van der Waals surface area (Å²) in [6.07, 6.45) is 9.17. The van der Waals surface area contributed by atoms with Crippen LogP contribution in [0, 0.1) is 5.92 Å². The molecule has 0 bridgehead atoms. The molecule has 0 atom stereocenters. The van der Waals surface area contributed by atoms with Gasteiger partial charge >= 0.3 is 0 Å². The van der Waals surface area contributed by atoms with Crippen LogP contribution in [0.15, 0.2) is 47.5 Å². The van der Waals surface area contributed by atoms with Gasteiger partial charge in [-0.1, -0.05) is 37.5 Å². The van der Waals surface area contributed by atoms with Crippen LogP contribution in [-0.4, -0.2) is 35.4 Å². The number of carbonyl (C=O) groups is 2. The fourth-order valence-corrected chi connectivity index (χ4v) is 5.35. The number of benzene rings is 1. The molecule has 1 aliphatic carbocycles. The minimum absolute atomic E-state index is 0.0228. The molecule has 168 valence electrons. The van der Waals surface area contributed by atoms with Gasteiger partial charge in [0.05, 0.1) is 6.54 Å². The van der Waals surface area contributed by atoms with Crippen molar-refractivity contribution in [3.8, 4) is 0 Å². The van der Waals surface area contributed by atoms with Gasteiger partial charge in [-0.3, -0.25) is 14.4 Å². The third-order valence-electron chi connectivity index (χ3n) is 6.05. The van der Waals surface area contributed by atoms with E-state index in [9.17, 15) is 14.4 Å². The number of pyridine rings is 1. The molecule has 7 heteroatoms. The van der Waals surface area contributed by atoms with Gasteiger partial charge in [-0.2, -0.15) is 0 Å². The van der Waals surface area contributed by atoms with Gasteiger partial charge in [0.25, 0.3) is 11.8 Å². The van der Waals surface area contributed by atoms with E-state index in [-0.39, 0.29) is 17.0 Å². The van der Waals surface area contributed by atoms with Crippen molar-refractivity contribution in [2.75, 3.05) is 14.1 Å². The number of amides is 2. The Morgan fingerprint density at radius 2 is 1.81 bits per heavy atom. The Hall–Kier alpha value is -2.93. The summed E-state index contributed by atoms with van der Waals surface area (Å²) in [4.78, 5) is 41.1. The molecule has 0 spiro atoms. The highest BCUT2D eigenvalue weighted by Gasteiger charge is 2.22. The molecule has 0 saturated heterocycles. The van der Waals surface area contributed by atoms with Gasteiger partial charge in [-0.15, -0.1) is 11.3 Å². The van der Waals surface area contributed by atoms with E-state index < -0.39 is 11.3 Å². The first kappa shape index (κ1) is 22.3. The molecule has 1 aromatic carbocycles. The molecule has 2 heterocycles. The molecule has 1 N–H and O–H groups in total. The highest BCUT2D eigenvalue weighted by molar-refractivity contribution is 7.19. The van der Waals surface area contributed by atoms with Crippen molar-refractivity contribution >= 4 is 33.2 Å².